The van der Waals surface area contributed by atoms with Crippen molar-refractivity contribution in [3.8, 4) is 0 Å². The number of ether oxygens (including phenoxy) is 1. The van der Waals surface area contributed by atoms with E-state index in [1.54, 1.807) is 0 Å². The first kappa shape index (κ1) is 21.5. The summed E-state index contributed by atoms with van der Waals surface area (Å²) in [4.78, 5) is 21.3. The van der Waals surface area contributed by atoms with E-state index in [1.807, 2.05) is 4.90 Å². The lowest BCUT2D eigenvalue weighted by Gasteiger charge is -2.37. The quantitative estimate of drug-likeness (QED) is 0.394. The fraction of sp³-hybridized carbons (Fsp3) is 0.882. The van der Waals surface area contributed by atoms with Gasteiger partial charge in [-0.1, -0.05) is 13.8 Å². The van der Waals surface area contributed by atoms with Crippen LogP contribution in [-0.4, -0.2) is 73.6 Å². The zero-order valence-corrected chi connectivity index (χ0v) is 17.6. The van der Waals surface area contributed by atoms with Crippen LogP contribution < -0.4 is 5.32 Å². The number of hydrogen-bond donors (Lipinski definition) is 1. The molecule has 1 N–H and O–H groups in total. The van der Waals surface area contributed by atoms with E-state index >= 15 is 0 Å². The number of carbonyl (C=O) groups is 1. The minimum Gasteiger partial charge on any atom is -0.368 e. The minimum absolute atomic E-state index is 0. The van der Waals surface area contributed by atoms with Gasteiger partial charge in [0.1, 0.15) is 6.10 Å². The van der Waals surface area contributed by atoms with Crippen molar-refractivity contribution in [3.05, 3.63) is 0 Å². The third kappa shape index (κ3) is 6.38. The van der Waals surface area contributed by atoms with Gasteiger partial charge in [0, 0.05) is 45.9 Å². The second-order valence-electron chi connectivity index (χ2n) is 6.73. The molecule has 0 aromatic carbocycles. The molecule has 2 aliphatic heterocycles. The number of hydrogen-bond acceptors (Lipinski definition) is 3. The van der Waals surface area contributed by atoms with Crippen LogP contribution in [0.15, 0.2) is 4.99 Å². The molecule has 24 heavy (non-hydrogen) atoms. The first-order valence-corrected chi connectivity index (χ1v) is 9.05. The van der Waals surface area contributed by atoms with Crippen LogP contribution in [0.3, 0.4) is 0 Å². The average Bonchev–Trinajstić information content (AvgIpc) is 3.08. The maximum atomic E-state index is 12.4. The van der Waals surface area contributed by atoms with Gasteiger partial charge in [-0.2, -0.15) is 0 Å². The Morgan fingerprint density at radius 3 is 2.46 bits per heavy atom. The summed E-state index contributed by atoms with van der Waals surface area (Å²) >= 11 is 0. The normalized spacial score (nSPS) is 21.8. The van der Waals surface area contributed by atoms with Crippen LogP contribution in [-0.2, 0) is 9.53 Å². The highest BCUT2D eigenvalue weighted by Gasteiger charge is 2.30. The van der Waals surface area contributed by atoms with Gasteiger partial charge in [0.2, 0.25) is 0 Å². The Hall–Kier alpha value is -0.570. The fourth-order valence-corrected chi connectivity index (χ4v) is 2.97. The molecule has 0 aliphatic carbocycles. The van der Waals surface area contributed by atoms with Crippen LogP contribution in [0.2, 0.25) is 0 Å². The molecular weight excluding hydrogens is 419 g/mol. The van der Waals surface area contributed by atoms with Crippen LogP contribution in [0.5, 0.6) is 0 Å². The van der Waals surface area contributed by atoms with Gasteiger partial charge < -0.3 is 19.9 Å². The number of nitrogens with one attached hydrogen (secondary N) is 1. The van der Waals surface area contributed by atoms with Gasteiger partial charge in [-0.15, -0.1) is 24.0 Å². The largest absolute Gasteiger partial charge is 0.368 e. The van der Waals surface area contributed by atoms with Gasteiger partial charge in [0.25, 0.3) is 5.91 Å². The van der Waals surface area contributed by atoms with Crippen LogP contribution in [0, 0.1) is 5.92 Å². The highest BCUT2D eigenvalue weighted by Crippen LogP contribution is 2.16. The molecule has 140 valence electrons. The molecule has 6 nitrogen and oxygen atoms in total. The summed E-state index contributed by atoms with van der Waals surface area (Å²) in [6.45, 7) is 12.2. The van der Waals surface area contributed by atoms with Crippen molar-refractivity contribution in [2.45, 2.75) is 46.1 Å². The summed E-state index contributed by atoms with van der Waals surface area (Å²) in [5.41, 5.74) is 0. The first-order chi connectivity index (χ1) is 11.1. The third-order valence-corrected chi connectivity index (χ3v) is 4.40. The lowest BCUT2D eigenvalue weighted by atomic mass is 10.1. The number of halogens is 1. The molecule has 0 saturated carbocycles. The van der Waals surface area contributed by atoms with E-state index in [-0.39, 0.29) is 36.0 Å². The Labute approximate surface area is 163 Å². The Balaban J connectivity index is 0.00000288. The predicted molar refractivity (Wildman–Crippen MR) is 108 cm³/mol. The van der Waals surface area contributed by atoms with Crippen molar-refractivity contribution in [1.82, 2.24) is 15.1 Å². The Morgan fingerprint density at radius 2 is 1.92 bits per heavy atom. The zero-order valence-electron chi connectivity index (χ0n) is 15.3. The maximum Gasteiger partial charge on any atom is 0.251 e. The topological polar surface area (TPSA) is 57.2 Å². The van der Waals surface area contributed by atoms with E-state index in [0.717, 1.165) is 71.1 Å². The molecule has 7 heteroatoms. The smallest absolute Gasteiger partial charge is 0.251 e. The monoisotopic (exact) mass is 452 g/mol. The third-order valence-electron chi connectivity index (χ3n) is 4.40. The van der Waals surface area contributed by atoms with Gasteiger partial charge in [0.15, 0.2) is 5.96 Å². The van der Waals surface area contributed by atoms with E-state index in [9.17, 15) is 4.79 Å². The molecule has 2 aliphatic rings. The molecule has 2 rings (SSSR count). The Bertz CT molecular complexity index is 403. The molecular formula is C17H33IN4O2. The highest BCUT2D eigenvalue weighted by atomic mass is 127. The van der Waals surface area contributed by atoms with E-state index in [4.69, 9.17) is 9.73 Å². The molecule has 0 aromatic heterocycles. The maximum absolute atomic E-state index is 12.4. The summed E-state index contributed by atoms with van der Waals surface area (Å²) in [5, 5.41) is 3.37. The molecule has 1 unspecified atom stereocenters. The number of carbonyl (C=O) groups excluding carboxylic acids is 1. The summed E-state index contributed by atoms with van der Waals surface area (Å²) in [6.07, 6.45) is 2.78. The van der Waals surface area contributed by atoms with Crippen molar-refractivity contribution in [2.75, 3.05) is 45.9 Å². The van der Waals surface area contributed by atoms with Crippen LogP contribution in [0.25, 0.3) is 0 Å². The number of aliphatic imine (C=N–C) groups is 1. The molecule has 1 amide bonds. The van der Waals surface area contributed by atoms with Gasteiger partial charge in [-0.25, -0.2) is 0 Å². The average molecular weight is 452 g/mol. The van der Waals surface area contributed by atoms with Gasteiger partial charge >= 0.3 is 0 Å². The van der Waals surface area contributed by atoms with E-state index in [0.29, 0.717) is 5.92 Å². The van der Waals surface area contributed by atoms with Crippen molar-refractivity contribution in [1.29, 1.82) is 0 Å². The molecule has 0 spiro atoms. The van der Waals surface area contributed by atoms with Crippen molar-refractivity contribution >= 4 is 35.8 Å². The summed E-state index contributed by atoms with van der Waals surface area (Å²) in [5.74, 6) is 1.82. The van der Waals surface area contributed by atoms with E-state index in [1.165, 1.54) is 0 Å². The van der Waals surface area contributed by atoms with Crippen LogP contribution in [0.1, 0.15) is 40.0 Å². The van der Waals surface area contributed by atoms with Gasteiger partial charge in [0.05, 0.1) is 0 Å². The van der Waals surface area contributed by atoms with Gasteiger partial charge in [-0.05, 0) is 32.1 Å². The second-order valence-corrected chi connectivity index (χ2v) is 6.73. The fourth-order valence-electron chi connectivity index (χ4n) is 2.97. The minimum atomic E-state index is -0.200. The lowest BCUT2D eigenvalue weighted by Crippen LogP contribution is -2.55. The van der Waals surface area contributed by atoms with E-state index in [2.05, 4.69) is 31.0 Å². The van der Waals surface area contributed by atoms with Crippen LogP contribution in [0.4, 0.5) is 0 Å². The number of piperazine rings is 1. The molecule has 0 radical (unpaired) electrons. The van der Waals surface area contributed by atoms with Crippen molar-refractivity contribution in [3.63, 3.8) is 0 Å². The van der Waals surface area contributed by atoms with Crippen LogP contribution >= 0.6 is 24.0 Å². The SMILES string of the molecule is CCNC(=NCCC(C)C)N1CCN(C(=O)C2CCCO2)CC1.I. The zero-order chi connectivity index (χ0) is 16.7. The summed E-state index contributed by atoms with van der Waals surface area (Å²) in [7, 11) is 0. The number of rotatable bonds is 5. The summed E-state index contributed by atoms with van der Waals surface area (Å²) < 4.78 is 5.52. The standard InChI is InChI=1S/C17H32N4O2.HI/c1-4-18-17(19-8-7-14(2)3)21-11-9-20(10-12-21)16(22)15-6-5-13-23-15;/h14-15H,4-13H2,1-3H3,(H,18,19);1H. The molecule has 2 heterocycles. The highest BCUT2D eigenvalue weighted by molar-refractivity contribution is 14.0. The molecule has 2 fully saturated rings. The number of nitrogens with zero attached hydrogens (tertiary/aromatic N) is 3. The first-order valence-electron chi connectivity index (χ1n) is 9.05. The predicted octanol–water partition coefficient (Wildman–Crippen LogP) is 1.94. The van der Waals surface area contributed by atoms with E-state index < -0.39 is 0 Å². The van der Waals surface area contributed by atoms with Gasteiger partial charge in [-0.3, -0.25) is 9.79 Å². The second kappa shape index (κ2) is 11.1. The lowest BCUT2D eigenvalue weighted by molar-refractivity contribution is -0.142. The van der Waals surface area contributed by atoms with Crippen molar-refractivity contribution < 1.29 is 9.53 Å². The number of amides is 1. The molecule has 0 aromatic rings. The number of guanidine groups is 1. The Morgan fingerprint density at radius 1 is 1.25 bits per heavy atom. The summed E-state index contributed by atoms with van der Waals surface area (Å²) in [6, 6.07) is 0. The molecule has 0 bridgehead atoms. The van der Waals surface area contributed by atoms with Crippen molar-refractivity contribution in [2.24, 2.45) is 10.9 Å². The molecule has 2 saturated heterocycles. The molecule has 1 atom stereocenters. The Kier molecular flexibility index (Phi) is 9.95.